The van der Waals surface area contributed by atoms with E-state index in [4.69, 9.17) is 4.74 Å². The van der Waals surface area contributed by atoms with Gasteiger partial charge in [0.15, 0.2) is 0 Å². The molecule has 4 nitrogen and oxygen atoms in total. The molecule has 1 fully saturated rings. The number of anilines is 1. The summed E-state index contributed by atoms with van der Waals surface area (Å²) in [5, 5.41) is 2.81. The number of methoxy groups -OCH3 is 1. The van der Waals surface area contributed by atoms with Crippen LogP contribution in [0.4, 0.5) is 18.9 Å². The summed E-state index contributed by atoms with van der Waals surface area (Å²) in [6.07, 6.45) is -3.52. The zero-order valence-corrected chi connectivity index (χ0v) is 16.3. The van der Waals surface area contributed by atoms with Crippen LogP contribution in [-0.2, 0) is 4.79 Å². The van der Waals surface area contributed by atoms with Crippen molar-refractivity contribution in [1.82, 2.24) is 5.32 Å². The van der Waals surface area contributed by atoms with Gasteiger partial charge >= 0.3 is 6.18 Å². The molecule has 2 aromatic rings. The van der Waals surface area contributed by atoms with Gasteiger partial charge in [-0.05, 0) is 30.5 Å². The molecular weight excluding hydrogens is 381 g/mol. The first-order valence-electron chi connectivity index (χ1n) is 9.67. The standard InChI is InChI=1S/C22H25F3N2O2/c1-29-20-12-6-5-11-19(20)27-13-7-10-17(15-27)26-21(28)14-18(22(23,24)25)16-8-3-2-4-9-16/h2-6,8-9,11-12,17-18H,7,10,13-15H2,1H3,(H,26,28). The summed E-state index contributed by atoms with van der Waals surface area (Å²) in [4.78, 5) is 14.6. The summed E-state index contributed by atoms with van der Waals surface area (Å²) in [6.45, 7) is 1.34. The molecular formula is C22H25F3N2O2. The maximum Gasteiger partial charge on any atom is 0.396 e. The number of para-hydroxylation sites is 2. The Bertz CT molecular complexity index is 811. The van der Waals surface area contributed by atoms with E-state index < -0.39 is 24.4 Å². The van der Waals surface area contributed by atoms with Crippen molar-refractivity contribution < 1.29 is 22.7 Å². The highest BCUT2D eigenvalue weighted by Crippen LogP contribution is 2.37. The van der Waals surface area contributed by atoms with E-state index in [-0.39, 0.29) is 11.6 Å². The number of carbonyl (C=O) groups is 1. The van der Waals surface area contributed by atoms with Crippen LogP contribution in [0.25, 0.3) is 0 Å². The molecule has 1 aliphatic heterocycles. The molecule has 1 saturated heterocycles. The first-order valence-corrected chi connectivity index (χ1v) is 9.67. The fourth-order valence-corrected chi connectivity index (χ4v) is 3.78. The number of benzene rings is 2. The summed E-state index contributed by atoms with van der Waals surface area (Å²) in [6, 6.07) is 15.0. The molecule has 1 aliphatic rings. The van der Waals surface area contributed by atoms with E-state index in [2.05, 4.69) is 10.2 Å². The van der Waals surface area contributed by atoms with Crippen LogP contribution in [0.5, 0.6) is 5.75 Å². The van der Waals surface area contributed by atoms with Crippen molar-refractivity contribution in [2.75, 3.05) is 25.1 Å². The Labute approximate surface area is 168 Å². The van der Waals surface area contributed by atoms with Crippen molar-refractivity contribution in [3.05, 3.63) is 60.2 Å². The SMILES string of the molecule is COc1ccccc1N1CCCC(NC(=O)CC(c2ccccc2)C(F)(F)F)C1. The number of piperidine rings is 1. The molecule has 0 bridgehead atoms. The lowest BCUT2D eigenvalue weighted by molar-refractivity contribution is -0.157. The molecule has 0 aliphatic carbocycles. The second kappa shape index (κ2) is 9.20. The molecule has 0 radical (unpaired) electrons. The van der Waals surface area contributed by atoms with E-state index in [1.54, 1.807) is 25.3 Å². The molecule has 1 amide bonds. The summed E-state index contributed by atoms with van der Waals surface area (Å²) in [5.74, 6) is -1.65. The van der Waals surface area contributed by atoms with Crippen LogP contribution in [0.2, 0.25) is 0 Å². The average Bonchev–Trinajstić information content (AvgIpc) is 2.72. The third-order valence-corrected chi connectivity index (χ3v) is 5.20. The van der Waals surface area contributed by atoms with E-state index >= 15 is 0 Å². The van der Waals surface area contributed by atoms with Gasteiger partial charge in [-0.1, -0.05) is 42.5 Å². The number of halogens is 3. The molecule has 2 unspecified atom stereocenters. The first kappa shape index (κ1) is 21.0. The van der Waals surface area contributed by atoms with E-state index in [1.165, 1.54) is 12.1 Å². The van der Waals surface area contributed by atoms with Gasteiger partial charge in [0.2, 0.25) is 5.91 Å². The number of rotatable bonds is 6. The highest BCUT2D eigenvalue weighted by Gasteiger charge is 2.42. The van der Waals surface area contributed by atoms with Crippen LogP contribution in [0, 0.1) is 0 Å². The third-order valence-electron chi connectivity index (χ3n) is 5.20. The molecule has 29 heavy (non-hydrogen) atoms. The first-order chi connectivity index (χ1) is 13.9. The Morgan fingerprint density at radius 1 is 1.17 bits per heavy atom. The van der Waals surface area contributed by atoms with Crippen LogP contribution in [-0.4, -0.2) is 38.3 Å². The Balaban J connectivity index is 1.65. The lowest BCUT2D eigenvalue weighted by atomic mass is 9.94. The van der Waals surface area contributed by atoms with Crippen molar-refractivity contribution in [3.63, 3.8) is 0 Å². The summed E-state index contributed by atoms with van der Waals surface area (Å²) < 4.78 is 45.9. The van der Waals surface area contributed by atoms with Gasteiger partial charge in [-0.25, -0.2) is 0 Å². The monoisotopic (exact) mass is 406 g/mol. The Morgan fingerprint density at radius 2 is 1.86 bits per heavy atom. The highest BCUT2D eigenvalue weighted by molar-refractivity contribution is 5.77. The molecule has 2 atom stereocenters. The van der Waals surface area contributed by atoms with Crippen LogP contribution in [0.3, 0.4) is 0 Å². The molecule has 3 rings (SSSR count). The van der Waals surface area contributed by atoms with E-state index in [9.17, 15) is 18.0 Å². The molecule has 156 valence electrons. The minimum absolute atomic E-state index is 0.106. The number of amides is 1. The molecule has 0 aromatic heterocycles. The van der Waals surface area contributed by atoms with Gasteiger partial charge in [0.1, 0.15) is 5.75 Å². The van der Waals surface area contributed by atoms with Gasteiger partial charge in [0.25, 0.3) is 0 Å². The topological polar surface area (TPSA) is 41.6 Å². The van der Waals surface area contributed by atoms with Crippen molar-refractivity contribution in [1.29, 1.82) is 0 Å². The predicted octanol–water partition coefficient (Wildman–Crippen LogP) is 4.52. The number of ether oxygens (including phenoxy) is 1. The van der Waals surface area contributed by atoms with Crippen LogP contribution in [0.15, 0.2) is 54.6 Å². The second-order valence-corrected chi connectivity index (χ2v) is 7.23. The average molecular weight is 406 g/mol. The number of hydrogen-bond donors (Lipinski definition) is 1. The Kier molecular flexibility index (Phi) is 6.67. The molecule has 2 aromatic carbocycles. The van der Waals surface area contributed by atoms with Gasteiger partial charge in [-0.15, -0.1) is 0 Å². The molecule has 0 saturated carbocycles. The maximum absolute atomic E-state index is 13.5. The van der Waals surface area contributed by atoms with E-state index in [0.717, 1.165) is 30.8 Å². The summed E-state index contributed by atoms with van der Waals surface area (Å²) in [7, 11) is 1.60. The Morgan fingerprint density at radius 3 is 2.55 bits per heavy atom. The predicted molar refractivity (Wildman–Crippen MR) is 106 cm³/mol. The van der Waals surface area contributed by atoms with Gasteiger partial charge < -0.3 is 15.0 Å². The lowest BCUT2D eigenvalue weighted by Gasteiger charge is -2.35. The van der Waals surface area contributed by atoms with E-state index in [1.807, 2.05) is 24.3 Å². The zero-order chi connectivity index (χ0) is 20.9. The van der Waals surface area contributed by atoms with Crippen LogP contribution < -0.4 is 15.0 Å². The summed E-state index contributed by atoms with van der Waals surface area (Å²) in [5.41, 5.74) is 1.03. The number of alkyl halides is 3. The molecule has 1 heterocycles. The highest BCUT2D eigenvalue weighted by atomic mass is 19.4. The molecule has 0 spiro atoms. The largest absolute Gasteiger partial charge is 0.495 e. The number of nitrogens with one attached hydrogen (secondary N) is 1. The van der Waals surface area contributed by atoms with Gasteiger partial charge in [0, 0.05) is 25.6 Å². The van der Waals surface area contributed by atoms with Crippen molar-refractivity contribution >= 4 is 11.6 Å². The van der Waals surface area contributed by atoms with E-state index in [0.29, 0.717) is 6.54 Å². The van der Waals surface area contributed by atoms with Gasteiger partial charge in [-0.3, -0.25) is 4.79 Å². The maximum atomic E-state index is 13.5. The van der Waals surface area contributed by atoms with Crippen molar-refractivity contribution in [2.45, 2.75) is 37.4 Å². The zero-order valence-electron chi connectivity index (χ0n) is 16.3. The van der Waals surface area contributed by atoms with Crippen molar-refractivity contribution in [2.24, 2.45) is 0 Å². The quantitative estimate of drug-likeness (QED) is 0.767. The minimum atomic E-state index is -4.48. The summed E-state index contributed by atoms with van der Waals surface area (Å²) >= 11 is 0. The number of carbonyl (C=O) groups excluding carboxylic acids is 1. The lowest BCUT2D eigenvalue weighted by Crippen LogP contribution is -2.48. The smallest absolute Gasteiger partial charge is 0.396 e. The van der Waals surface area contributed by atoms with Gasteiger partial charge in [0.05, 0.1) is 18.7 Å². The molecule has 1 N–H and O–H groups in total. The number of hydrogen-bond acceptors (Lipinski definition) is 3. The molecule has 7 heteroatoms. The normalized spacial score (nSPS) is 18.2. The van der Waals surface area contributed by atoms with Crippen LogP contribution >= 0.6 is 0 Å². The minimum Gasteiger partial charge on any atom is -0.495 e. The fourth-order valence-electron chi connectivity index (χ4n) is 3.78. The van der Waals surface area contributed by atoms with Crippen LogP contribution in [0.1, 0.15) is 30.7 Å². The van der Waals surface area contributed by atoms with Crippen molar-refractivity contribution in [3.8, 4) is 5.75 Å². The second-order valence-electron chi connectivity index (χ2n) is 7.23. The number of nitrogens with zero attached hydrogens (tertiary/aromatic N) is 1. The fraction of sp³-hybridized carbons (Fsp3) is 0.409. The van der Waals surface area contributed by atoms with Gasteiger partial charge in [-0.2, -0.15) is 13.2 Å². The third kappa shape index (κ3) is 5.43. The Hall–Kier alpha value is -2.70.